The number of hydrogen-bond donors (Lipinski definition) is 2. The molecule has 39 heavy (non-hydrogen) atoms. The topological polar surface area (TPSA) is 118 Å². The maximum Gasteiger partial charge on any atom is 0.408 e. The Balaban J connectivity index is 1.31. The molecule has 2 saturated heterocycles. The van der Waals surface area contributed by atoms with Crippen LogP contribution >= 0.6 is 0 Å². The minimum atomic E-state index is -4.60. The van der Waals surface area contributed by atoms with Gasteiger partial charge in [-0.15, -0.1) is 0 Å². The van der Waals surface area contributed by atoms with Crippen LogP contribution in [0.15, 0.2) is 30.3 Å². The Labute approximate surface area is 222 Å². The molecule has 2 aromatic rings. The van der Waals surface area contributed by atoms with Gasteiger partial charge in [-0.3, -0.25) is 15.0 Å². The number of rotatable bonds is 6. The lowest BCUT2D eigenvalue weighted by molar-refractivity contribution is -0.149. The molecule has 2 bridgehead atoms. The molecule has 3 amide bonds. The van der Waals surface area contributed by atoms with E-state index in [2.05, 4.69) is 15.3 Å². The first-order chi connectivity index (χ1) is 18.4. The normalized spacial score (nSPS) is 22.3. The average molecular weight is 551 g/mol. The van der Waals surface area contributed by atoms with Crippen molar-refractivity contribution in [3.8, 4) is 5.88 Å². The van der Waals surface area contributed by atoms with Crippen molar-refractivity contribution in [2.24, 2.45) is 0 Å². The third-order valence-corrected chi connectivity index (χ3v) is 6.68. The highest BCUT2D eigenvalue weighted by Crippen LogP contribution is 2.39. The Bertz CT molecular complexity index is 1260. The zero-order valence-electron chi connectivity index (χ0n) is 21.6. The number of aromatic nitrogens is 2. The number of hydrogen-bond acceptors (Lipinski definition) is 8. The number of carbonyl (C=O) groups is 2. The predicted molar refractivity (Wildman–Crippen MR) is 134 cm³/mol. The second kappa shape index (κ2) is 10.2. The van der Waals surface area contributed by atoms with Gasteiger partial charge in [0, 0.05) is 19.2 Å². The van der Waals surface area contributed by atoms with Crippen LogP contribution in [0.25, 0.3) is 0 Å². The van der Waals surface area contributed by atoms with Gasteiger partial charge in [-0.2, -0.15) is 18.2 Å². The molecule has 3 aliphatic rings. The zero-order valence-corrected chi connectivity index (χ0v) is 21.6. The molecule has 210 valence electrons. The molecule has 11 nitrogen and oxygen atoms in total. The number of urea groups is 1. The largest absolute Gasteiger partial charge is 0.475 e. The number of ether oxygens (including phenoxy) is 3. The Morgan fingerprint density at radius 1 is 1.23 bits per heavy atom. The molecular weight excluding hydrogens is 521 g/mol. The van der Waals surface area contributed by atoms with Crippen molar-refractivity contribution in [1.82, 2.24) is 15.3 Å². The second-order valence-corrected chi connectivity index (χ2v) is 10.1. The summed E-state index contributed by atoms with van der Waals surface area (Å²) in [7, 11) is 0. The summed E-state index contributed by atoms with van der Waals surface area (Å²) in [5.41, 5.74) is 0.394. The number of anilines is 3. The van der Waals surface area contributed by atoms with Crippen LogP contribution in [0, 0.1) is 0 Å². The summed E-state index contributed by atoms with van der Waals surface area (Å²) >= 11 is 0. The van der Waals surface area contributed by atoms with Gasteiger partial charge in [0.2, 0.25) is 5.88 Å². The number of carbonyl (C=O) groups excluding carboxylic acids is 2. The third kappa shape index (κ3) is 5.86. The van der Waals surface area contributed by atoms with Gasteiger partial charge < -0.3 is 24.4 Å². The maximum atomic E-state index is 13.4. The van der Waals surface area contributed by atoms with Gasteiger partial charge in [-0.05, 0) is 45.4 Å². The van der Waals surface area contributed by atoms with E-state index in [0.29, 0.717) is 31.8 Å². The highest BCUT2D eigenvalue weighted by Gasteiger charge is 2.41. The van der Waals surface area contributed by atoms with Gasteiger partial charge in [0.25, 0.3) is 5.91 Å². The maximum absolute atomic E-state index is 13.4. The van der Waals surface area contributed by atoms with E-state index in [-0.39, 0.29) is 42.0 Å². The number of fused-ring (bicyclic) bond motifs is 4. The zero-order chi connectivity index (χ0) is 27.9. The molecule has 3 aliphatic heterocycles. The number of amides is 3. The number of nitrogens with zero attached hydrogens (tertiary/aromatic N) is 4. The van der Waals surface area contributed by atoms with E-state index >= 15 is 0 Å². The molecule has 2 aromatic heterocycles. The van der Waals surface area contributed by atoms with E-state index in [1.165, 1.54) is 11.0 Å². The summed E-state index contributed by atoms with van der Waals surface area (Å²) in [6.07, 6.45) is -4.19. The van der Waals surface area contributed by atoms with Crippen LogP contribution in [0.4, 0.5) is 35.3 Å². The molecule has 0 aliphatic carbocycles. The summed E-state index contributed by atoms with van der Waals surface area (Å²) in [6.45, 7) is 6.32. The quantitative estimate of drug-likeness (QED) is 0.563. The summed E-state index contributed by atoms with van der Waals surface area (Å²) < 4.78 is 55.8. The van der Waals surface area contributed by atoms with Crippen molar-refractivity contribution in [2.75, 3.05) is 41.4 Å². The fourth-order valence-electron chi connectivity index (χ4n) is 4.71. The van der Waals surface area contributed by atoms with Crippen LogP contribution in [0.1, 0.15) is 37.7 Å². The SMILES string of the molecule is CC(NC(=O)c1ccc2c(n1)N(C(=O)Nc1cccc(OCC3COC(C)(C)O3)n1)[C@H]1CCN2C1)C(F)(F)F. The highest BCUT2D eigenvalue weighted by molar-refractivity contribution is 6.05. The molecular formula is C25H29F3N6O5. The Hall–Kier alpha value is -3.65. The van der Waals surface area contributed by atoms with Gasteiger partial charge in [-0.1, -0.05) is 6.07 Å². The van der Waals surface area contributed by atoms with E-state index in [9.17, 15) is 22.8 Å². The molecule has 14 heteroatoms. The first kappa shape index (κ1) is 26.9. The number of pyridine rings is 2. The molecule has 2 N–H and O–H groups in total. The highest BCUT2D eigenvalue weighted by atomic mass is 19.4. The predicted octanol–water partition coefficient (Wildman–Crippen LogP) is 3.32. The van der Waals surface area contributed by atoms with Gasteiger partial charge in [-0.25, -0.2) is 9.78 Å². The fourth-order valence-corrected chi connectivity index (χ4v) is 4.71. The number of alkyl halides is 3. The minimum Gasteiger partial charge on any atom is -0.475 e. The molecule has 2 unspecified atom stereocenters. The van der Waals surface area contributed by atoms with Gasteiger partial charge in [0.05, 0.1) is 18.3 Å². The second-order valence-electron chi connectivity index (χ2n) is 10.1. The first-order valence-electron chi connectivity index (χ1n) is 12.5. The lowest BCUT2D eigenvalue weighted by Gasteiger charge is -2.35. The average Bonchev–Trinajstić information content (AvgIpc) is 3.45. The smallest absolute Gasteiger partial charge is 0.408 e. The van der Waals surface area contributed by atoms with E-state index in [0.717, 1.165) is 6.92 Å². The third-order valence-electron chi connectivity index (χ3n) is 6.68. The Morgan fingerprint density at radius 3 is 2.74 bits per heavy atom. The lowest BCUT2D eigenvalue weighted by atomic mass is 10.1. The first-order valence-corrected chi connectivity index (χ1v) is 12.5. The van der Waals surface area contributed by atoms with Crippen molar-refractivity contribution in [1.29, 1.82) is 0 Å². The summed E-state index contributed by atoms with van der Waals surface area (Å²) in [5, 5.41) is 4.66. The van der Waals surface area contributed by atoms with Crippen molar-refractivity contribution in [3.05, 3.63) is 36.0 Å². The molecule has 0 radical (unpaired) electrons. The van der Waals surface area contributed by atoms with Crippen molar-refractivity contribution >= 4 is 29.3 Å². The minimum absolute atomic E-state index is 0.196. The van der Waals surface area contributed by atoms with E-state index in [1.54, 1.807) is 24.3 Å². The van der Waals surface area contributed by atoms with Gasteiger partial charge in [0.1, 0.15) is 30.3 Å². The fraction of sp³-hybridized carbons (Fsp3) is 0.520. The van der Waals surface area contributed by atoms with Crippen LogP contribution in [-0.2, 0) is 9.47 Å². The standard InChI is InChI=1S/C25H29F3N6O5/c1-14(25(26,27)28)29-22(35)17-7-8-18-21(30-17)34(15-9-10-33(18)11-15)23(36)32-19-5-4-6-20(31-19)37-12-16-13-38-24(2,3)39-16/h4-8,14-16H,9-13H2,1-3H3,(H,29,35)(H,31,32,36)/t14?,15-,16?/m0/s1. The molecule has 5 rings (SSSR count). The van der Waals surface area contributed by atoms with Crippen LogP contribution in [-0.4, -0.2) is 78.4 Å². The molecule has 5 heterocycles. The van der Waals surface area contributed by atoms with Gasteiger partial charge >= 0.3 is 12.2 Å². The van der Waals surface area contributed by atoms with E-state index in [4.69, 9.17) is 14.2 Å². The van der Waals surface area contributed by atoms with E-state index < -0.39 is 29.9 Å². The van der Waals surface area contributed by atoms with Crippen molar-refractivity contribution in [2.45, 2.75) is 57.3 Å². The van der Waals surface area contributed by atoms with Crippen LogP contribution in [0.3, 0.4) is 0 Å². The Kier molecular flexibility index (Phi) is 7.01. The number of nitrogens with one attached hydrogen (secondary N) is 2. The molecule has 2 fully saturated rings. The van der Waals surface area contributed by atoms with Crippen LogP contribution < -0.4 is 25.2 Å². The van der Waals surface area contributed by atoms with Crippen LogP contribution in [0.5, 0.6) is 5.88 Å². The van der Waals surface area contributed by atoms with Crippen molar-refractivity contribution < 1.29 is 37.0 Å². The molecule has 0 saturated carbocycles. The molecule has 0 aromatic carbocycles. The number of halogens is 3. The summed E-state index contributed by atoms with van der Waals surface area (Å²) in [5.74, 6) is -0.952. The monoisotopic (exact) mass is 550 g/mol. The molecule has 0 spiro atoms. The van der Waals surface area contributed by atoms with Gasteiger partial charge in [0.15, 0.2) is 11.6 Å². The molecule has 3 atom stereocenters. The summed E-state index contributed by atoms with van der Waals surface area (Å²) in [4.78, 5) is 38.1. The lowest BCUT2D eigenvalue weighted by Crippen LogP contribution is -2.49. The van der Waals surface area contributed by atoms with Crippen LogP contribution in [0.2, 0.25) is 0 Å². The summed E-state index contributed by atoms with van der Waals surface area (Å²) in [6, 6.07) is 5.06. The van der Waals surface area contributed by atoms with Crippen molar-refractivity contribution in [3.63, 3.8) is 0 Å². The Morgan fingerprint density at radius 2 is 2.03 bits per heavy atom. The van der Waals surface area contributed by atoms with E-state index in [1.807, 2.05) is 24.1 Å².